The van der Waals surface area contributed by atoms with E-state index in [1.54, 1.807) is 6.07 Å². The number of hydrogen-bond acceptors (Lipinski definition) is 5. The van der Waals surface area contributed by atoms with Gasteiger partial charge in [0.15, 0.2) is 5.82 Å². The van der Waals surface area contributed by atoms with Crippen LogP contribution >= 0.6 is 0 Å². The Morgan fingerprint density at radius 3 is 2.58 bits per heavy atom. The summed E-state index contributed by atoms with van der Waals surface area (Å²) in [5.74, 6) is 0.799. The van der Waals surface area contributed by atoms with Crippen LogP contribution in [0.3, 0.4) is 0 Å². The Labute approximate surface area is 135 Å². The number of aromatic nitrogens is 3. The SMILES string of the molecule is FC(F)(F)c1cccc(-c2nc(N3CCOCC3)n[nH]2)c1.O=CO. The summed E-state index contributed by atoms with van der Waals surface area (Å²) in [5.41, 5.74) is -0.346. The molecule has 7 nitrogen and oxygen atoms in total. The van der Waals surface area contributed by atoms with Crippen molar-refractivity contribution in [2.24, 2.45) is 0 Å². The van der Waals surface area contributed by atoms with Crippen LogP contribution in [0.1, 0.15) is 5.56 Å². The molecule has 0 bridgehead atoms. The molecule has 24 heavy (non-hydrogen) atoms. The maximum atomic E-state index is 12.7. The molecular weight excluding hydrogens is 329 g/mol. The predicted octanol–water partition coefficient (Wildman–Crippen LogP) is 2.03. The number of anilines is 1. The lowest BCUT2D eigenvalue weighted by molar-refractivity contribution is -0.137. The van der Waals surface area contributed by atoms with E-state index in [0.717, 1.165) is 12.1 Å². The molecular formula is C14H15F3N4O3. The number of hydrogen-bond donors (Lipinski definition) is 2. The fraction of sp³-hybridized carbons (Fsp3) is 0.357. The number of benzene rings is 1. The molecule has 1 aromatic heterocycles. The van der Waals surface area contributed by atoms with Crippen molar-refractivity contribution in [3.63, 3.8) is 0 Å². The Kier molecular flexibility index (Phi) is 5.74. The Morgan fingerprint density at radius 1 is 1.29 bits per heavy atom. The summed E-state index contributed by atoms with van der Waals surface area (Å²) in [6, 6.07) is 5.01. The van der Waals surface area contributed by atoms with Crippen molar-refractivity contribution in [3.05, 3.63) is 29.8 Å². The molecule has 1 aliphatic heterocycles. The topological polar surface area (TPSA) is 91.3 Å². The van der Waals surface area contributed by atoms with E-state index in [0.29, 0.717) is 43.6 Å². The number of carbonyl (C=O) groups is 1. The van der Waals surface area contributed by atoms with Gasteiger partial charge in [-0.1, -0.05) is 12.1 Å². The quantitative estimate of drug-likeness (QED) is 0.810. The van der Waals surface area contributed by atoms with Crippen molar-refractivity contribution in [3.8, 4) is 11.4 Å². The van der Waals surface area contributed by atoms with Gasteiger partial charge in [0, 0.05) is 18.7 Å². The molecule has 0 spiro atoms. The highest BCUT2D eigenvalue weighted by Crippen LogP contribution is 2.31. The van der Waals surface area contributed by atoms with Gasteiger partial charge in [-0.3, -0.25) is 9.89 Å². The number of ether oxygens (including phenoxy) is 1. The maximum absolute atomic E-state index is 12.7. The predicted molar refractivity (Wildman–Crippen MR) is 78.5 cm³/mol. The Morgan fingerprint density at radius 2 is 1.96 bits per heavy atom. The number of H-pyrrole nitrogens is 1. The lowest BCUT2D eigenvalue weighted by Gasteiger charge is -2.25. The summed E-state index contributed by atoms with van der Waals surface area (Å²) in [7, 11) is 0. The second-order valence-electron chi connectivity index (χ2n) is 4.77. The lowest BCUT2D eigenvalue weighted by Crippen LogP contribution is -2.36. The second-order valence-corrected chi connectivity index (χ2v) is 4.77. The molecule has 2 heterocycles. The molecule has 0 amide bonds. The molecule has 1 saturated heterocycles. The minimum Gasteiger partial charge on any atom is -0.483 e. The first-order valence-electron chi connectivity index (χ1n) is 6.96. The first kappa shape index (κ1) is 17.7. The summed E-state index contributed by atoms with van der Waals surface area (Å²) < 4.78 is 43.4. The molecule has 0 saturated carbocycles. The van der Waals surface area contributed by atoms with Crippen molar-refractivity contribution in [2.75, 3.05) is 31.2 Å². The monoisotopic (exact) mass is 344 g/mol. The van der Waals surface area contributed by atoms with Crippen LogP contribution in [0.4, 0.5) is 19.1 Å². The van der Waals surface area contributed by atoms with E-state index in [4.69, 9.17) is 14.6 Å². The fourth-order valence-corrected chi connectivity index (χ4v) is 2.13. The first-order chi connectivity index (χ1) is 11.5. The molecule has 1 fully saturated rings. The molecule has 0 radical (unpaired) electrons. The van der Waals surface area contributed by atoms with E-state index in [1.807, 2.05) is 4.90 Å². The van der Waals surface area contributed by atoms with Crippen LogP contribution in [0.2, 0.25) is 0 Å². The summed E-state index contributed by atoms with van der Waals surface area (Å²) >= 11 is 0. The summed E-state index contributed by atoms with van der Waals surface area (Å²) in [6.45, 7) is 2.26. The molecule has 0 unspecified atom stereocenters. The maximum Gasteiger partial charge on any atom is 0.416 e. The lowest BCUT2D eigenvalue weighted by atomic mass is 10.1. The van der Waals surface area contributed by atoms with E-state index in [2.05, 4.69) is 15.2 Å². The van der Waals surface area contributed by atoms with Gasteiger partial charge in [0.05, 0.1) is 18.8 Å². The van der Waals surface area contributed by atoms with Gasteiger partial charge in [-0.25, -0.2) is 0 Å². The third-order valence-electron chi connectivity index (χ3n) is 3.23. The van der Waals surface area contributed by atoms with Gasteiger partial charge >= 0.3 is 6.18 Å². The largest absolute Gasteiger partial charge is 0.483 e. The first-order valence-corrected chi connectivity index (χ1v) is 6.96. The van der Waals surface area contributed by atoms with Crippen LogP contribution in [0, 0.1) is 0 Å². The third-order valence-corrected chi connectivity index (χ3v) is 3.23. The van der Waals surface area contributed by atoms with E-state index in [1.165, 1.54) is 6.07 Å². The molecule has 1 aromatic carbocycles. The summed E-state index contributed by atoms with van der Waals surface area (Å²) in [5, 5.41) is 13.6. The average Bonchev–Trinajstić information content (AvgIpc) is 3.06. The Hall–Kier alpha value is -2.62. The number of rotatable bonds is 2. The minimum absolute atomic E-state index is 0.250. The van der Waals surface area contributed by atoms with E-state index < -0.39 is 11.7 Å². The standard InChI is InChI=1S/C13H13F3N4O.CH2O2/c14-13(15,16)10-3-1-2-9(8-10)11-17-12(19-18-11)20-4-6-21-7-5-20;2-1-3/h1-3,8H,4-7H2,(H,17,18,19);1H,(H,2,3). The molecule has 1 aliphatic rings. The van der Waals surface area contributed by atoms with Crippen LogP contribution in [-0.2, 0) is 15.7 Å². The van der Waals surface area contributed by atoms with E-state index in [-0.39, 0.29) is 6.47 Å². The fourth-order valence-electron chi connectivity index (χ4n) is 2.13. The Bertz CT molecular complexity index is 669. The number of alkyl halides is 3. The highest BCUT2D eigenvalue weighted by Gasteiger charge is 2.30. The minimum atomic E-state index is -4.37. The molecule has 2 N–H and O–H groups in total. The van der Waals surface area contributed by atoms with E-state index >= 15 is 0 Å². The van der Waals surface area contributed by atoms with Crippen LogP contribution in [0.15, 0.2) is 24.3 Å². The highest BCUT2D eigenvalue weighted by atomic mass is 19.4. The van der Waals surface area contributed by atoms with Gasteiger partial charge in [0.25, 0.3) is 6.47 Å². The number of morpholine rings is 1. The highest BCUT2D eigenvalue weighted by molar-refractivity contribution is 5.57. The average molecular weight is 344 g/mol. The molecule has 3 rings (SSSR count). The number of nitrogens with one attached hydrogen (secondary N) is 1. The van der Waals surface area contributed by atoms with Crippen molar-refractivity contribution < 1.29 is 27.8 Å². The summed E-state index contributed by atoms with van der Waals surface area (Å²) in [4.78, 5) is 14.6. The number of aromatic amines is 1. The second kappa shape index (κ2) is 7.77. The normalized spacial score (nSPS) is 14.7. The van der Waals surface area contributed by atoms with Crippen molar-refractivity contribution in [1.29, 1.82) is 0 Å². The van der Waals surface area contributed by atoms with Gasteiger partial charge in [0.1, 0.15) is 0 Å². The molecule has 130 valence electrons. The van der Waals surface area contributed by atoms with Gasteiger partial charge in [-0.05, 0) is 12.1 Å². The zero-order valence-corrected chi connectivity index (χ0v) is 12.5. The van der Waals surface area contributed by atoms with Crippen LogP contribution in [-0.4, -0.2) is 53.1 Å². The van der Waals surface area contributed by atoms with Gasteiger partial charge in [-0.15, -0.1) is 5.10 Å². The number of nitrogens with zero attached hydrogens (tertiary/aromatic N) is 3. The van der Waals surface area contributed by atoms with Gasteiger partial charge < -0.3 is 14.7 Å². The molecule has 2 aromatic rings. The molecule has 0 atom stereocenters. The molecule has 0 aliphatic carbocycles. The number of halogens is 3. The zero-order valence-electron chi connectivity index (χ0n) is 12.5. The van der Waals surface area contributed by atoms with E-state index in [9.17, 15) is 13.2 Å². The zero-order chi connectivity index (χ0) is 17.6. The Balaban J connectivity index is 0.000000647. The van der Waals surface area contributed by atoms with Crippen LogP contribution in [0.5, 0.6) is 0 Å². The van der Waals surface area contributed by atoms with Gasteiger partial charge in [0.2, 0.25) is 5.95 Å². The number of carboxylic acid groups (broad SMARTS) is 1. The van der Waals surface area contributed by atoms with Gasteiger partial charge in [-0.2, -0.15) is 18.2 Å². The van der Waals surface area contributed by atoms with Crippen molar-refractivity contribution >= 4 is 12.4 Å². The molecule has 10 heteroatoms. The smallest absolute Gasteiger partial charge is 0.416 e. The third kappa shape index (κ3) is 4.44. The van der Waals surface area contributed by atoms with Crippen molar-refractivity contribution in [2.45, 2.75) is 6.18 Å². The van der Waals surface area contributed by atoms with Crippen molar-refractivity contribution in [1.82, 2.24) is 15.2 Å². The van der Waals surface area contributed by atoms with Crippen LogP contribution in [0.25, 0.3) is 11.4 Å². The van der Waals surface area contributed by atoms with Crippen LogP contribution < -0.4 is 4.90 Å². The summed E-state index contributed by atoms with van der Waals surface area (Å²) in [6.07, 6.45) is -4.37.